The molecule has 0 radical (unpaired) electrons. The van der Waals surface area contributed by atoms with Crippen LogP contribution in [0.4, 0.5) is 17.2 Å². The molecule has 0 aliphatic rings. The number of carbonyl (C=O) groups excluding carboxylic acids is 1. The van der Waals surface area contributed by atoms with Gasteiger partial charge >= 0.3 is 0 Å². The van der Waals surface area contributed by atoms with Crippen LogP contribution in [-0.2, 0) is 0 Å². The van der Waals surface area contributed by atoms with E-state index in [-0.39, 0.29) is 17.2 Å². The molecule has 2 heterocycles. The molecule has 30 heavy (non-hydrogen) atoms. The van der Waals surface area contributed by atoms with Gasteiger partial charge in [0.05, 0.1) is 12.8 Å². The molecular formula is C23H30N4O3. The van der Waals surface area contributed by atoms with Gasteiger partial charge in [0.15, 0.2) is 17.2 Å². The van der Waals surface area contributed by atoms with Crippen LogP contribution in [0.1, 0.15) is 50.5 Å². The Balaban J connectivity index is 0.00000106. The lowest BCUT2D eigenvalue weighted by molar-refractivity contribution is 0.101. The zero-order valence-electron chi connectivity index (χ0n) is 18.7. The van der Waals surface area contributed by atoms with Crippen molar-refractivity contribution in [2.45, 2.75) is 41.5 Å². The Morgan fingerprint density at radius 1 is 1.20 bits per heavy atom. The van der Waals surface area contributed by atoms with Crippen molar-refractivity contribution < 1.29 is 9.53 Å². The number of carbonyl (C=O) groups is 1. The minimum Gasteiger partial charge on any atom is -0.493 e. The second-order valence-electron chi connectivity index (χ2n) is 5.75. The lowest BCUT2D eigenvalue weighted by atomic mass is 10.1. The number of aromatic nitrogens is 2. The van der Waals surface area contributed by atoms with Crippen LogP contribution in [0.5, 0.6) is 5.75 Å². The predicted molar refractivity (Wildman–Crippen MR) is 124 cm³/mol. The Morgan fingerprint density at radius 3 is 2.40 bits per heavy atom. The number of hydrogen-bond acceptors (Lipinski definition) is 6. The molecule has 0 saturated heterocycles. The Hall–Kier alpha value is -3.48. The fraction of sp³-hybridized carbons (Fsp3) is 0.304. The third-order valence-corrected chi connectivity index (χ3v) is 4.02. The smallest absolute Gasteiger partial charge is 0.271 e. The number of ketones is 1. The number of pyridine rings is 1. The Morgan fingerprint density at radius 2 is 1.87 bits per heavy atom. The van der Waals surface area contributed by atoms with Crippen molar-refractivity contribution in [1.29, 1.82) is 0 Å². The lowest BCUT2D eigenvalue weighted by Crippen LogP contribution is -2.24. The number of methoxy groups -OCH3 is 1. The Kier molecular flexibility index (Phi) is 9.42. The van der Waals surface area contributed by atoms with Crippen LogP contribution in [0.2, 0.25) is 0 Å². The van der Waals surface area contributed by atoms with E-state index in [1.165, 1.54) is 18.4 Å². The summed E-state index contributed by atoms with van der Waals surface area (Å²) in [4.78, 5) is 33.3. The molecule has 160 valence electrons. The van der Waals surface area contributed by atoms with Gasteiger partial charge in [-0.2, -0.15) is 0 Å². The number of nitrogens with zero attached hydrogens (tertiary/aromatic N) is 3. The van der Waals surface area contributed by atoms with E-state index in [0.29, 0.717) is 17.1 Å². The minimum atomic E-state index is -0.454. The van der Waals surface area contributed by atoms with Gasteiger partial charge in [0, 0.05) is 11.9 Å². The van der Waals surface area contributed by atoms with Crippen molar-refractivity contribution in [2.75, 3.05) is 12.4 Å². The van der Waals surface area contributed by atoms with Crippen molar-refractivity contribution in [2.24, 2.45) is 4.99 Å². The molecule has 0 aliphatic carbocycles. The van der Waals surface area contributed by atoms with Crippen molar-refractivity contribution in [3.8, 4) is 5.75 Å². The first-order chi connectivity index (χ1) is 14.5. The van der Waals surface area contributed by atoms with Gasteiger partial charge in [0.2, 0.25) is 0 Å². The third kappa shape index (κ3) is 5.11. The lowest BCUT2D eigenvalue weighted by Gasteiger charge is -2.13. The molecule has 0 fully saturated rings. The Bertz CT molecular complexity index is 1090. The molecule has 1 N–H and O–H groups in total. The number of nitrogens with one attached hydrogen (secondary N) is 1. The van der Waals surface area contributed by atoms with Gasteiger partial charge in [0.1, 0.15) is 11.4 Å². The second-order valence-corrected chi connectivity index (χ2v) is 5.75. The summed E-state index contributed by atoms with van der Waals surface area (Å²) < 4.78 is 6.59. The fourth-order valence-electron chi connectivity index (χ4n) is 2.75. The van der Waals surface area contributed by atoms with Crippen LogP contribution >= 0.6 is 0 Å². The van der Waals surface area contributed by atoms with Crippen LogP contribution in [0.25, 0.3) is 5.65 Å². The van der Waals surface area contributed by atoms with Gasteiger partial charge in [-0.25, -0.2) is 4.98 Å². The van der Waals surface area contributed by atoms with Gasteiger partial charge in [-0.05, 0) is 56.5 Å². The summed E-state index contributed by atoms with van der Waals surface area (Å²) in [6.45, 7) is 14.8. The highest BCUT2D eigenvalue weighted by atomic mass is 16.5. The molecule has 0 unspecified atom stereocenters. The summed E-state index contributed by atoms with van der Waals surface area (Å²) in [6.07, 6.45) is 1.55. The number of ether oxygens (including phenoxy) is 1. The molecule has 7 heteroatoms. The molecule has 0 aliphatic heterocycles. The highest BCUT2D eigenvalue weighted by Gasteiger charge is 2.19. The van der Waals surface area contributed by atoms with Crippen LogP contribution < -0.4 is 15.6 Å². The van der Waals surface area contributed by atoms with E-state index in [2.05, 4.69) is 22.0 Å². The third-order valence-electron chi connectivity index (χ3n) is 4.02. The van der Waals surface area contributed by atoms with E-state index >= 15 is 0 Å². The number of Topliss-reactive ketones (excluding diaryl/α,β-unsaturated/α-hetero) is 1. The molecule has 0 amide bonds. The number of hydrogen-bond donors (Lipinski definition) is 1. The number of rotatable bonds is 5. The second kappa shape index (κ2) is 11.5. The molecule has 0 saturated carbocycles. The summed E-state index contributed by atoms with van der Waals surface area (Å²) in [6, 6.07) is 8.79. The summed E-state index contributed by atoms with van der Waals surface area (Å²) in [5.74, 6) is 0.249. The summed E-state index contributed by atoms with van der Waals surface area (Å²) in [7, 11) is 1.50. The average Bonchev–Trinajstić information content (AvgIpc) is 2.76. The van der Waals surface area contributed by atoms with Crippen LogP contribution in [0.15, 0.2) is 46.3 Å². The molecule has 2 aromatic heterocycles. The first-order valence-corrected chi connectivity index (χ1v) is 9.91. The van der Waals surface area contributed by atoms with E-state index in [1.54, 1.807) is 30.5 Å². The van der Waals surface area contributed by atoms with Crippen LogP contribution in [-0.4, -0.2) is 29.0 Å². The molecule has 0 atom stereocenters. The SMILES string of the molecule is C=Nc1ccc(Nc2nc3c(OC)cccn3c(=O)c2C(C)=O)cc1C.CC.CC. The Labute approximate surface area is 177 Å². The van der Waals surface area contributed by atoms with Gasteiger partial charge in [0.25, 0.3) is 5.56 Å². The number of aryl methyl sites for hydroxylation is 1. The normalized spacial score (nSPS) is 9.57. The van der Waals surface area contributed by atoms with E-state index in [1.807, 2.05) is 40.7 Å². The zero-order valence-corrected chi connectivity index (χ0v) is 18.7. The van der Waals surface area contributed by atoms with Crippen LogP contribution in [0, 0.1) is 6.92 Å². The quantitative estimate of drug-likeness (QED) is 0.453. The summed E-state index contributed by atoms with van der Waals surface area (Å²) in [5.41, 5.74) is 2.21. The van der Waals surface area contributed by atoms with Gasteiger partial charge in [-0.1, -0.05) is 27.7 Å². The van der Waals surface area contributed by atoms with Gasteiger partial charge < -0.3 is 10.1 Å². The highest BCUT2D eigenvalue weighted by molar-refractivity contribution is 5.99. The predicted octanol–water partition coefficient (Wildman–Crippen LogP) is 5.34. The number of fused-ring (bicyclic) bond motifs is 1. The van der Waals surface area contributed by atoms with E-state index in [0.717, 1.165) is 11.3 Å². The summed E-state index contributed by atoms with van der Waals surface area (Å²) in [5, 5.41) is 3.07. The number of benzene rings is 1. The highest BCUT2D eigenvalue weighted by Crippen LogP contribution is 2.26. The van der Waals surface area contributed by atoms with E-state index < -0.39 is 5.56 Å². The van der Waals surface area contributed by atoms with Crippen molar-refractivity contribution in [1.82, 2.24) is 9.38 Å². The first kappa shape index (κ1) is 24.6. The zero-order chi connectivity index (χ0) is 22.8. The maximum Gasteiger partial charge on any atom is 0.271 e. The minimum absolute atomic E-state index is 0.0145. The molecule has 0 bridgehead atoms. The molecule has 3 rings (SSSR count). The number of anilines is 2. The van der Waals surface area contributed by atoms with Gasteiger partial charge in [-0.3, -0.25) is 19.0 Å². The molecule has 1 aromatic carbocycles. The van der Waals surface area contributed by atoms with Crippen molar-refractivity contribution in [3.63, 3.8) is 0 Å². The standard InChI is InChI=1S/C19H18N4O3.2C2H6/c1-11-10-13(7-8-14(11)20-3)21-17-16(12(2)24)19(25)23-9-5-6-15(26-4)18(23)22-17;2*1-2/h5-10,21H,3H2,1-2,4H3;2*1-2H3. The molecular weight excluding hydrogens is 380 g/mol. The average molecular weight is 411 g/mol. The monoisotopic (exact) mass is 410 g/mol. The summed E-state index contributed by atoms with van der Waals surface area (Å²) >= 11 is 0. The fourth-order valence-corrected chi connectivity index (χ4v) is 2.75. The van der Waals surface area contributed by atoms with Crippen molar-refractivity contribution >= 4 is 35.3 Å². The maximum atomic E-state index is 12.8. The van der Waals surface area contributed by atoms with Crippen molar-refractivity contribution in [3.05, 3.63) is 58.0 Å². The number of aliphatic imine (C=N–C) groups is 1. The van der Waals surface area contributed by atoms with Gasteiger partial charge in [-0.15, -0.1) is 0 Å². The van der Waals surface area contributed by atoms with Crippen LogP contribution in [0.3, 0.4) is 0 Å². The maximum absolute atomic E-state index is 12.8. The first-order valence-electron chi connectivity index (χ1n) is 9.91. The molecule has 7 nitrogen and oxygen atoms in total. The molecule has 3 aromatic rings. The molecule has 0 spiro atoms. The van der Waals surface area contributed by atoms with E-state index in [4.69, 9.17) is 4.74 Å². The largest absolute Gasteiger partial charge is 0.493 e. The van der Waals surface area contributed by atoms with E-state index in [9.17, 15) is 9.59 Å². The topological polar surface area (TPSA) is 85.1 Å².